The third-order valence-electron chi connectivity index (χ3n) is 9.97. The number of fused-ring (bicyclic) bond motifs is 1. The molecule has 2 aliphatic heterocycles. The van der Waals surface area contributed by atoms with Crippen LogP contribution in [0.2, 0.25) is 0 Å². The van der Waals surface area contributed by atoms with E-state index >= 15 is 0 Å². The number of benzene rings is 3. The van der Waals surface area contributed by atoms with Gasteiger partial charge in [0.1, 0.15) is 23.6 Å². The summed E-state index contributed by atoms with van der Waals surface area (Å²) in [6.45, 7) is 7.94. The summed E-state index contributed by atoms with van der Waals surface area (Å²) < 4.78 is 12.2. The van der Waals surface area contributed by atoms with Crippen LogP contribution in [0, 0.1) is 5.92 Å². The summed E-state index contributed by atoms with van der Waals surface area (Å²) in [5, 5.41) is 5.64. The number of carbonyl (C=O) groups is 5. The standard InChI is InChI=1S/C40H39N5O7/c1-22(2)35(47)36-41-20-30(21-42-36)52-28-12-7-24(8-13-28)40(3,4)23-5-10-27(11-6-23)51-29-17-26(18-29)43-25-9-14-31-32(19-25)39(50)45(38(31)49)33-15-16-34(46)44-37(33)48/h5-14,19-22,26,29,33,43H,15-18H2,1-4H3,(H,44,46,48)/t26-,29-,33?. The molecule has 12 nitrogen and oxygen atoms in total. The van der Waals surface area contributed by atoms with Crippen LogP contribution < -0.4 is 20.1 Å². The van der Waals surface area contributed by atoms with E-state index in [1.165, 1.54) is 12.4 Å². The Kier molecular flexibility index (Phi) is 9.08. The number of aromatic nitrogens is 2. The first-order chi connectivity index (χ1) is 24.9. The molecule has 3 aliphatic rings. The minimum atomic E-state index is -0.992. The number of anilines is 1. The topological polar surface area (TPSA) is 157 Å². The number of nitrogens with one attached hydrogen (secondary N) is 2. The van der Waals surface area contributed by atoms with E-state index in [1.807, 2.05) is 50.2 Å². The number of ether oxygens (including phenoxy) is 2. The summed E-state index contributed by atoms with van der Waals surface area (Å²) in [5.41, 5.74) is 3.16. The van der Waals surface area contributed by atoms with Crippen molar-refractivity contribution in [2.45, 2.75) is 77.0 Å². The van der Waals surface area contributed by atoms with Gasteiger partial charge in [-0.05, 0) is 60.0 Å². The van der Waals surface area contributed by atoms with E-state index in [0.29, 0.717) is 17.2 Å². The van der Waals surface area contributed by atoms with E-state index in [9.17, 15) is 24.0 Å². The number of carbonyl (C=O) groups excluding carboxylic acids is 5. The maximum Gasteiger partial charge on any atom is 0.262 e. The Bertz CT molecular complexity index is 2050. The number of hydrogen-bond acceptors (Lipinski definition) is 10. The Morgan fingerprint density at radius 1 is 0.846 bits per heavy atom. The third kappa shape index (κ3) is 6.75. The first-order valence-corrected chi connectivity index (χ1v) is 17.4. The van der Waals surface area contributed by atoms with Crippen molar-refractivity contribution in [2.75, 3.05) is 5.32 Å². The summed E-state index contributed by atoms with van der Waals surface area (Å²) in [6.07, 6.45) is 4.77. The summed E-state index contributed by atoms with van der Waals surface area (Å²) >= 11 is 0. The molecule has 1 aliphatic carbocycles. The van der Waals surface area contributed by atoms with Crippen LogP contribution in [0.15, 0.2) is 79.1 Å². The lowest BCUT2D eigenvalue weighted by Gasteiger charge is -2.36. The number of imide groups is 2. The average Bonchev–Trinajstić information content (AvgIpc) is 3.36. The minimum Gasteiger partial charge on any atom is -0.490 e. The number of amides is 4. The predicted octanol–water partition coefficient (Wildman–Crippen LogP) is 5.86. The molecule has 1 saturated heterocycles. The maximum atomic E-state index is 13.2. The number of nitrogens with zero attached hydrogens (tertiary/aromatic N) is 3. The van der Waals surface area contributed by atoms with Crippen molar-refractivity contribution in [1.29, 1.82) is 0 Å². The Balaban J connectivity index is 0.905. The fraction of sp³-hybridized carbons (Fsp3) is 0.325. The summed E-state index contributed by atoms with van der Waals surface area (Å²) in [6, 6.07) is 20.2. The molecule has 266 valence electrons. The second-order valence-corrected chi connectivity index (χ2v) is 14.3. The lowest BCUT2D eigenvalue weighted by molar-refractivity contribution is -0.136. The second-order valence-electron chi connectivity index (χ2n) is 14.3. The summed E-state index contributed by atoms with van der Waals surface area (Å²) in [5.74, 6) is -0.317. The highest BCUT2D eigenvalue weighted by atomic mass is 16.5. The van der Waals surface area contributed by atoms with Gasteiger partial charge in [0.25, 0.3) is 11.8 Å². The number of Topliss-reactive ketones (excluding diaryl/α,β-unsaturated/α-hetero) is 1. The molecule has 1 atom stereocenters. The zero-order valence-corrected chi connectivity index (χ0v) is 29.3. The normalized spacial score (nSPS) is 19.9. The van der Waals surface area contributed by atoms with Crippen molar-refractivity contribution < 1.29 is 33.4 Å². The molecule has 4 amide bonds. The molecule has 1 saturated carbocycles. The number of hydrogen-bond donors (Lipinski definition) is 2. The zero-order chi connectivity index (χ0) is 36.7. The first-order valence-electron chi connectivity index (χ1n) is 17.4. The molecule has 0 radical (unpaired) electrons. The Morgan fingerprint density at radius 2 is 1.46 bits per heavy atom. The molecule has 3 heterocycles. The van der Waals surface area contributed by atoms with Crippen molar-refractivity contribution in [3.8, 4) is 17.2 Å². The van der Waals surface area contributed by atoms with Gasteiger partial charge in [-0.1, -0.05) is 52.0 Å². The molecule has 3 aromatic carbocycles. The van der Waals surface area contributed by atoms with Gasteiger partial charge in [-0.3, -0.25) is 34.2 Å². The van der Waals surface area contributed by atoms with Gasteiger partial charge in [-0.15, -0.1) is 0 Å². The lowest BCUT2D eigenvalue weighted by Crippen LogP contribution is -2.54. The highest BCUT2D eigenvalue weighted by Crippen LogP contribution is 2.36. The van der Waals surface area contributed by atoms with Crippen molar-refractivity contribution in [3.05, 3.63) is 107 Å². The number of rotatable bonds is 11. The highest BCUT2D eigenvalue weighted by molar-refractivity contribution is 6.23. The molecule has 1 unspecified atom stereocenters. The van der Waals surface area contributed by atoms with E-state index in [0.717, 1.165) is 34.6 Å². The van der Waals surface area contributed by atoms with Gasteiger partial charge in [0.2, 0.25) is 17.6 Å². The van der Waals surface area contributed by atoms with Crippen LogP contribution >= 0.6 is 0 Å². The fourth-order valence-electron chi connectivity index (χ4n) is 6.72. The Labute approximate surface area is 300 Å². The van der Waals surface area contributed by atoms with Crippen LogP contribution in [0.1, 0.15) is 95.8 Å². The smallest absolute Gasteiger partial charge is 0.262 e. The second kappa shape index (κ2) is 13.7. The fourth-order valence-corrected chi connectivity index (χ4v) is 6.72. The average molecular weight is 702 g/mol. The Morgan fingerprint density at radius 3 is 2.08 bits per heavy atom. The SMILES string of the molecule is CC(C)C(=O)c1ncc(Oc2ccc(C(C)(C)c3ccc(O[C@H]4C[C@H](Nc5ccc6c(c5)C(=O)N(C5CCC(=O)NC5=O)C6=O)C4)cc3)cc2)cn1. The van der Waals surface area contributed by atoms with Crippen molar-refractivity contribution in [3.63, 3.8) is 0 Å². The van der Waals surface area contributed by atoms with Gasteiger partial charge >= 0.3 is 0 Å². The maximum absolute atomic E-state index is 13.2. The van der Waals surface area contributed by atoms with Gasteiger partial charge < -0.3 is 14.8 Å². The van der Waals surface area contributed by atoms with Gasteiger partial charge in [0.15, 0.2) is 11.6 Å². The number of ketones is 1. The van der Waals surface area contributed by atoms with Gasteiger partial charge in [-0.25, -0.2) is 9.97 Å². The molecular formula is C40H39N5O7. The van der Waals surface area contributed by atoms with E-state index in [1.54, 1.807) is 18.2 Å². The summed E-state index contributed by atoms with van der Waals surface area (Å²) in [4.78, 5) is 71.4. The van der Waals surface area contributed by atoms with Crippen LogP contribution in [0.5, 0.6) is 17.2 Å². The van der Waals surface area contributed by atoms with Crippen molar-refractivity contribution in [1.82, 2.24) is 20.2 Å². The zero-order valence-electron chi connectivity index (χ0n) is 29.3. The van der Waals surface area contributed by atoms with Gasteiger partial charge in [0.05, 0.1) is 23.5 Å². The number of piperidine rings is 1. The van der Waals surface area contributed by atoms with E-state index in [-0.39, 0.29) is 59.1 Å². The molecule has 0 spiro atoms. The monoisotopic (exact) mass is 701 g/mol. The highest BCUT2D eigenvalue weighted by Gasteiger charge is 2.45. The van der Waals surface area contributed by atoms with Crippen LogP contribution in [-0.4, -0.2) is 62.5 Å². The molecular weight excluding hydrogens is 662 g/mol. The third-order valence-corrected chi connectivity index (χ3v) is 9.97. The van der Waals surface area contributed by atoms with E-state index in [4.69, 9.17) is 9.47 Å². The van der Waals surface area contributed by atoms with Gasteiger partial charge in [0, 0.05) is 42.3 Å². The molecule has 7 rings (SSSR count). The molecule has 2 fully saturated rings. The largest absolute Gasteiger partial charge is 0.490 e. The van der Waals surface area contributed by atoms with Gasteiger partial charge in [-0.2, -0.15) is 0 Å². The molecule has 12 heteroatoms. The Hall–Kier alpha value is -5.91. The molecule has 52 heavy (non-hydrogen) atoms. The minimum absolute atomic E-state index is 0.0295. The predicted molar refractivity (Wildman–Crippen MR) is 190 cm³/mol. The van der Waals surface area contributed by atoms with Crippen molar-refractivity contribution >= 4 is 35.1 Å². The molecule has 1 aromatic heterocycles. The summed E-state index contributed by atoms with van der Waals surface area (Å²) in [7, 11) is 0. The van der Waals surface area contributed by atoms with Crippen LogP contribution in [0.3, 0.4) is 0 Å². The van der Waals surface area contributed by atoms with Crippen molar-refractivity contribution in [2.24, 2.45) is 5.92 Å². The van der Waals surface area contributed by atoms with Crippen LogP contribution in [0.4, 0.5) is 5.69 Å². The van der Waals surface area contributed by atoms with E-state index < -0.39 is 29.7 Å². The van der Waals surface area contributed by atoms with Crippen LogP contribution in [-0.2, 0) is 15.0 Å². The first kappa shape index (κ1) is 34.5. The molecule has 4 aromatic rings. The van der Waals surface area contributed by atoms with Crippen LogP contribution in [0.25, 0.3) is 0 Å². The molecule has 0 bridgehead atoms. The lowest BCUT2D eigenvalue weighted by atomic mass is 9.78. The van der Waals surface area contributed by atoms with E-state index in [2.05, 4.69) is 46.6 Å². The quantitative estimate of drug-likeness (QED) is 0.144. The molecule has 2 N–H and O–H groups in total.